The first-order valence-corrected chi connectivity index (χ1v) is 10.4. The highest BCUT2D eigenvalue weighted by Crippen LogP contribution is 2.33. The van der Waals surface area contributed by atoms with Crippen LogP contribution in [0.3, 0.4) is 0 Å². The minimum absolute atomic E-state index is 0.646. The van der Waals surface area contributed by atoms with E-state index >= 15 is 0 Å². The molecular formula is C18H28Cl2N3P. The van der Waals surface area contributed by atoms with Gasteiger partial charge in [0.15, 0.2) is 0 Å². The molecule has 0 radical (unpaired) electrons. The van der Waals surface area contributed by atoms with Gasteiger partial charge in [-0.1, -0.05) is 38.7 Å². The molecule has 0 spiro atoms. The molecule has 2 fully saturated rings. The number of benzene rings is 1. The van der Waals surface area contributed by atoms with Gasteiger partial charge in [-0.05, 0) is 56.7 Å². The highest BCUT2D eigenvalue weighted by Gasteiger charge is 2.23. The van der Waals surface area contributed by atoms with E-state index in [1.54, 1.807) is 0 Å². The lowest BCUT2D eigenvalue weighted by Crippen LogP contribution is -2.47. The van der Waals surface area contributed by atoms with E-state index in [-0.39, 0.29) is 0 Å². The molecule has 1 N–H and O–H groups in total. The zero-order chi connectivity index (χ0) is 16.9. The number of hydrogen-bond donors (Lipinski definition) is 1. The van der Waals surface area contributed by atoms with Crippen LogP contribution in [0.15, 0.2) is 18.2 Å². The monoisotopic (exact) mass is 387 g/mol. The van der Waals surface area contributed by atoms with E-state index in [9.17, 15) is 0 Å². The Balaban J connectivity index is 1.42. The minimum atomic E-state index is 0.646. The van der Waals surface area contributed by atoms with Crippen molar-refractivity contribution in [1.82, 2.24) is 9.99 Å². The molecule has 3 nitrogen and oxygen atoms in total. The number of piperazine rings is 1. The lowest BCUT2D eigenvalue weighted by Gasteiger charge is -2.37. The lowest BCUT2D eigenvalue weighted by molar-refractivity contribution is 0.215. The van der Waals surface area contributed by atoms with Gasteiger partial charge in [-0.25, -0.2) is 0 Å². The maximum absolute atomic E-state index is 6.36. The van der Waals surface area contributed by atoms with Crippen LogP contribution < -0.4 is 9.99 Å². The Morgan fingerprint density at radius 2 is 1.75 bits per heavy atom. The van der Waals surface area contributed by atoms with E-state index in [1.165, 1.54) is 38.6 Å². The number of nitrogens with one attached hydrogen (secondary N) is 1. The van der Waals surface area contributed by atoms with E-state index in [4.69, 9.17) is 23.2 Å². The van der Waals surface area contributed by atoms with Gasteiger partial charge in [-0.2, -0.15) is 0 Å². The Kier molecular flexibility index (Phi) is 7.07. The molecule has 1 heterocycles. The summed E-state index contributed by atoms with van der Waals surface area (Å²) in [7, 11) is 2.67. The third-order valence-electron chi connectivity index (χ3n) is 5.58. The van der Waals surface area contributed by atoms with Gasteiger partial charge in [-0.3, -0.25) is 9.99 Å². The molecule has 1 saturated carbocycles. The molecule has 3 rings (SSSR count). The maximum Gasteiger partial charge on any atom is 0.0825 e. The largest absolute Gasteiger partial charge is 0.368 e. The van der Waals surface area contributed by atoms with Gasteiger partial charge in [0, 0.05) is 32.2 Å². The lowest BCUT2D eigenvalue weighted by atomic mass is 9.84. The highest BCUT2D eigenvalue weighted by atomic mass is 35.5. The molecule has 0 amide bonds. The summed E-state index contributed by atoms with van der Waals surface area (Å²) in [6.07, 6.45) is 6.76. The van der Waals surface area contributed by atoms with Crippen molar-refractivity contribution < 1.29 is 0 Å². The molecule has 1 aliphatic heterocycles. The first kappa shape index (κ1) is 18.7. The smallest absolute Gasteiger partial charge is 0.0825 e. The quantitative estimate of drug-likeness (QED) is 0.753. The van der Waals surface area contributed by atoms with Crippen LogP contribution in [0.4, 0.5) is 5.69 Å². The fourth-order valence-corrected chi connectivity index (χ4v) is 4.68. The van der Waals surface area contributed by atoms with Crippen LogP contribution in [-0.2, 0) is 0 Å². The third kappa shape index (κ3) is 4.77. The average Bonchev–Trinajstić information content (AvgIpc) is 2.63. The predicted octanol–water partition coefficient (Wildman–Crippen LogP) is 4.44. The van der Waals surface area contributed by atoms with Crippen molar-refractivity contribution in [3.63, 3.8) is 0 Å². The zero-order valence-electron chi connectivity index (χ0n) is 14.2. The van der Waals surface area contributed by atoms with Crippen molar-refractivity contribution in [3.05, 3.63) is 28.2 Å². The number of hydrogen-bond acceptors (Lipinski definition) is 3. The summed E-state index contributed by atoms with van der Waals surface area (Å²) < 4.78 is 0. The van der Waals surface area contributed by atoms with Crippen LogP contribution in [0, 0.1) is 5.92 Å². The van der Waals surface area contributed by atoms with Gasteiger partial charge >= 0.3 is 0 Å². The standard InChI is InChI=1S/C18H28Cl2N3P/c19-16-2-1-3-17(18(16)20)23-12-10-22(11-13-23)9-8-14-4-6-15(21-24)7-5-14/h1-3,14-15,21H,4-13,24H2. The fraction of sp³-hybridized carbons (Fsp3) is 0.667. The zero-order valence-corrected chi connectivity index (χ0v) is 16.9. The topological polar surface area (TPSA) is 18.5 Å². The van der Waals surface area contributed by atoms with E-state index in [1.807, 2.05) is 12.1 Å². The molecule has 1 aliphatic carbocycles. The van der Waals surface area contributed by atoms with Gasteiger partial charge in [-0.15, -0.1) is 0 Å². The Bertz CT molecular complexity index is 527. The van der Waals surface area contributed by atoms with Crippen molar-refractivity contribution in [2.45, 2.75) is 38.1 Å². The summed E-state index contributed by atoms with van der Waals surface area (Å²) in [5.41, 5.74) is 1.08. The Hall–Kier alpha value is -0.0500. The van der Waals surface area contributed by atoms with Crippen LogP contribution in [0.25, 0.3) is 0 Å². The van der Waals surface area contributed by atoms with Gasteiger partial charge in [0.1, 0.15) is 0 Å². The highest BCUT2D eigenvalue weighted by molar-refractivity contribution is 7.13. The first-order chi connectivity index (χ1) is 11.7. The van der Waals surface area contributed by atoms with E-state index in [2.05, 4.69) is 30.3 Å². The molecule has 134 valence electrons. The Morgan fingerprint density at radius 3 is 2.42 bits per heavy atom. The van der Waals surface area contributed by atoms with Gasteiger partial charge < -0.3 is 4.90 Å². The van der Waals surface area contributed by atoms with Gasteiger partial charge in [0.2, 0.25) is 0 Å². The fourth-order valence-electron chi connectivity index (χ4n) is 3.93. The van der Waals surface area contributed by atoms with E-state index in [0.29, 0.717) is 10.0 Å². The van der Waals surface area contributed by atoms with E-state index in [0.717, 1.165) is 43.8 Å². The Morgan fingerprint density at radius 1 is 1.04 bits per heavy atom. The summed E-state index contributed by atoms with van der Waals surface area (Å²) in [6.45, 7) is 5.53. The third-order valence-corrected chi connectivity index (χ3v) is 6.86. The van der Waals surface area contributed by atoms with Crippen molar-refractivity contribution in [1.29, 1.82) is 0 Å². The number of nitrogens with zero attached hydrogens (tertiary/aromatic N) is 2. The van der Waals surface area contributed by atoms with Crippen LogP contribution in [0.2, 0.25) is 10.0 Å². The van der Waals surface area contributed by atoms with Crippen LogP contribution in [0.5, 0.6) is 0 Å². The number of anilines is 1. The first-order valence-electron chi connectivity index (χ1n) is 9.05. The van der Waals surface area contributed by atoms with Gasteiger partial charge in [0.05, 0.1) is 15.7 Å². The maximum atomic E-state index is 6.36. The molecule has 2 aliphatic rings. The molecule has 1 aromatic carbocycles. The average molecular weight is 388 g/mol. The van der Waals surface area contributed by atoms with Crippen LogP contribution in [0.1, 0.15) is 32.1 Å². The molecule has 24 heavy (non-hydrogen) atoms. The van der Waals surface area contributed by atoms with Crippen molar-refractivity contribution in [3.8, 4) is 0 Å². The van der Waals surface area contributed by atoms with Crippen LogP contribution >= 0.6 is 32.6 Å². The minimum Gasteiger partial charge on any atom is -0.368 e. The molecule has 0 aromatic heterocycles. The molecule has 1 aromatic rings. The molecule has 1 unspecified atom stereocenters. The molecule has 1 saturated heterocycles. The predicted molar refractivity (Wildman–Crippen MR) is 108 cm³/mol. The molecule has 0 bridgehead atoms. The second kappa shape index (κ2) is 9.05. The Labute approximate surface area is 158 Å². The second-order valence-electron chi connectivity index (χ2n) is 7.07. The summed E-state index contributed by atoms with van der Waals surface area (Å²) in [5.74, 6) is 0.917. The van der Waals surface area contributed by atoms with Crippen LogP contribution in [-0.4, -0.2) is 43.7 Å². The normalized spacial score (nSPS) is 25.9. The van der Waals surface area contributed by atoms with Crippen molar-refractivity contribution in [2.24, 2.45) is 5.92 Å². The SMILES string of the molecule is PNC1CCC(CCN2CCN(c3cccc(Cl)c3Cl)CC2)CC1. The summed E-state index contributed by atoms with van der Waals surface area (Å²) in [5, 5.41) is 4.67. The molecule has 1 atom stereocenters. The van der Waals surface area contributed by atoms with E-state index < -0.39 is 0 Å². The number of halogens is 2. The van der Waals surface area contributed by atoms with Crippen molar-refractivity contribution in [2.75, 3.05) is 37.6 Å². The molecule has 6 heteroatoms. The number of rotatable bonds is 5. The summed E-state index contributed by atoms with van der Waals surface area (Å²) >= 11 is 12.5. The summed E-state index contributed by atoms with van der Waals surface area (Å²) in [6, 6.07) is 6.63. The van der Waals surface area contributed by atoms with Crippen molar-refractivity contribution >= 4 is 38.3 Å². The molecular weight excluding hydrogens is 360 g/mol. The summed E-state index contributed by atoms with van der Waals surface area (Å²) in [4.78, 5) is 4.97. The van der Waals surface area contributed by atoms with Gasteiger partial charge in [0.25, 0.3) is 0 Å². The second-order valence-corrected chi connectivity index (χ2v) is 8.19.